The highest BCUT2D eigenvalue weighted by atomic mass is 35.5. The number of nitrogens with zero attached hydrogens (tertiary/aromatic N) is 2. The molecule has 0 radical (unpaired) electrons. The molecular formula is C18H15Cl2N3O2S. The second kappa shape index (κ2) is 8.12. The van der Waals surface area contributed by atoms with Gasteiger partial charge in [-0.05, 0) is 49.4 Å². The summed E-state index contributed by atoms with van der Waals surface area (Å²) in [4.78, 5) is 29.4. The van der Waals surface area contributed by atoms with Gasteiger partial charge >= 0.3 is 0 Å². The standard InChI is InChI=1S/C18H15Cl2N3O2S/c1-2-21-16(24)10-26-18-22-15-9-12(20)5-8-14(15)17(25)23(18)13-6-3-11(19)4-7-13/h3-9H,2,10H2,1H3,(H,21,24). The molecule has 0 saturated carbocycles. The van der Waals surface area contributed by atoms with Crippen molar-refractivity contribution in [3.8, 4) is 5.69 Å². The average molecular weight is 408 g/mol. The van der Waals surface area contributed by atoms with Crippen molar-refractivity contribution in [2.75, 3.05) is 12.3 Å². The number of thioether (sulfide) groups is 1. The molecule has 0 fully saturated rings. The first-order valence-corrected chi connectivity index (χ1v) is 9.61. The lowest BCUT2D eigenvalue weighted by Crippen LogP contribution is -2.26. The Balaban J connectivity index is 2.15. The summed E-state index contributed by atoms with van der Waals surface area (Å²) < 4.78 is 1.48. The molecule has 5 nitrogen and oxygen atoms in total. The molecule has 26 heavy (non-hydrogen) atoms. The lowest BCUT2D eigenvalue weighted by Gasteiger charge is -2.13. The second-order valence-electron chi connectivity index (χ2n) is 5.42. The number of amides is 1. The van der Waals surface area contributed by atoms with E-state index in [1.165, 1.54) is 16.3 Å². The number of aromatic nitrogens is 2. The van der Waals surface area contributed by atoms with E-state index in [0.29, 0.717) is 38.3 Å². The Labute approximate surface area is 164 Å². The maximum absolute atomic E-state index is 13.0. The van der Waals surface area contributed by atoms with Gasteiger partial charge in [0.1, 0.15) is 0 Å². The van der Waals surface area contributed by atoms with Crippen LogP contribution in [0, 0.1) is 0 Å². The van der Waals surface area contributed by atoms with E-state index in [4.69, 9.17) is 23.2 Å². The Morgan fingerprint density at radius 1 is 1.15 bits per heavy atom. The predicted octanol–water partition coefficient (Wildman–Crippen LogP) is 3.92. The minimum atomic E-state index is -0.229. The Kier molecular flexibility index (Phi) is 5.86. The van der Waals surface area contributed by atoms with Crippen LogP contribution in [-0.2, 0) is 4.79 Å². The van der Waals surface area contributed by atoms with Gasteiger partial charge in [0.15, 0.2) is 5.16 Å². The highest BCUT2D eigenvalue weighted by Gasteiger charge is 2.15. The smallest absolute Gasteiger partial charge is 0.266 e. The summed E-state index contributed by atoms with van der Waals surface area (Å²) in [6, 6.07) is 11.8. The van der Waals surface area contributed by atoms with Gasteiger partial charge in [0.25, 0.3) is 5.56 Å². The molecule has 0 saturated heterocycles. The minimum absolute atomic E-state index is 0.124. The van der Waals surface area contributed by atoms with Gasteiger partial charge in [0, 0.05) is 16.6 Å². The Hall–Kier alpha value is -2.02. The molecule has 0 unspecified atom stereocenters. The zero-order valence-electron chi connectivity index (χ0n) is 13.8. The molecule has 8 heteroatoms. The summed E-state index contributed by atoms with van der Waals surface area (Å²) in [6.07, 6.45) is 0. The Morgan fingerprint density at radius 3 is 2.54 bits per heavy atom. The van der Waals surface area contributed by atoms with E-state index >= 15 is 0 Å². The first-order valence-electron chi connectivity index (χ1n) is 7.87. The summed E-state index contributed by atoms with van der Waals surface area (Å²) in [5.74, 6) is 0.0283. The predicted molar refractivity (Wildman–Crippen MR) is 107 cm³/mol. The van der Waals surface area contributed by atoms with Crippen LogP contribution in [-0.4, -0.2) is 27.8 Å². The molecule has 3 rings (SSSR count). The number of carbonyl (C=O) groups is 1. The SMILES string of the molecule is CCNC(=O)CSc1nc2cc(Cl)ccc2c(=O)n1-c1ccc(Cl)cc1. The second-order valence-corrected chi connectivity index (χ2v) is 7.23. The zero-order chi connectivity index (χ0) is 18.7. The summed E-state index contributed by atoms with van der Waals surface area (Å²) >= 11 is 13.2. The van der Waals surface area contributed by atoms with Crippen LogP contribution < -0.4 is 10.9 Å². The number of nitrogens with one attached hydrogen (secondary N) is 1. The van der Waals surface area contributed by atoms with Crippen molar-refractivity contribution < 1.29 is 4.79 Å². The van der Waals surface area contributed by atoms with E-state index in [9.17, 15) is 9.59 Å². The molecule has 3 aromatic rings. The average Bonchev–Trinajstić information content (AvgIpc) is 2.61. The van der Waals surface area contributed by atoms with E-state index < -0.39 is 0 Å². The van der Waals surface area contributed by atoms with Crippen molar-refractivity contribution in [3.63, 3.8) is 0 Å². The molecular weight excluding hydrogens is 393 g/mol. The molecule has 1 N–H and O–H groups in total. The molecule has 0 spiro atoms. The highest BCUT2D eigenvalue weighted by Crippen LogP contribution is 2.23. The van der Waals surface area contributed by atoms with Crippen molar-refractivity contribution >= 4 is 51.8 Å². The summed E-state index contributed by atoms with van der Waals surface area (Å²) in [5, 5.41) is 4.66. The number of hydrogen-bond donors (Lipinski definition) is 1. The fraction of sp³-hybridized carbons (Fsp3) is 0.167. The molecule has 2 aromatic carbocycles. The van der Waals surface area contributed by atoms with E-state index in [2.05, 4.69) is 10.3 Å². The van der Waals surface area contributed by atoms with Crippen molar-refractivity contribution in [3.05, 3.63) is 62.9 Å². The maximum atomic E-state index is 13.0. The first kappa shape index (κ1) is 18.8. The summed E-state index contributed by atoms with van der Waals surface area (Å²) in [5.41, 5.74) is 0.889. The van der Waals surface area contributed by atoms with Gasteiger partial charge in [-0.3, -0.25) is 14.2 Å². The van der Waals surface area contributed by atoms with Gasteiger partial charge in [-0.15, -0.1) is 0 Å². The Bertz CT molecular complexity index is 1020. The van der Waals surface area contributed by atoms with Crippen LogP contribution >= 0.6 is 35.0 Å². The number of benzene rings is 2. The number of halogens is 2. The van der Waals surface area contributed by atoms with Crippen LogP contribution in [0.1, 0.15) is 6.92 Å². The molecule has 0 aliphatic heterocycles. The summed E-state index contributed by atoms with van der Waals surface area (Å²) in [6.45, 7) is 2.40. The van der Waals surface area contributed by atoms with Gasteiger partial charge in [-0.2, -0.15) is 0 Å². The Morgan fingerprint density at radius 2 is 1.85 bits per heavy atom. The quantitative estimate of drug-likeness (QED) is 0.514. The fourth-order valence-corrected chi connectivity index (χ4v) is 3.57. The lowest BCUT2D eigenvalue weighted by atomic mass is 10.2. The van der Waals surface area contributed by atoms with Crippen molar-refractivity contribution in [2.45, 2.75) is 12.1 Å². The van der Waals surface area contributed by atoms with E-state index in [0.717, 1.165) is 0 Å². The highest BCUT2D eigenvalue weighted by molar-refractivity contribution is 7.99. The number of fused-ring (bicyclic) bond motifs is 1. The van der Waals surface area contributed by atoms with E-state index in [1.807, 2.05) is 6.92 Å². The molecule has 0 atom stereocenters. The van der Waals surface area contributed by atoms with Gasteiger partial charge in [0.05, 0.1) is 22.3 Å². The number of carbonyl (C=O) groups excluding carboxylic acids is 1. The van der Waals surface area contributed by atoms with Crippen molar-refractivity contribution in [2.24, 2.45) is 0 Å². The third-order valence-corrected chi connectivity index (χ3v) is 5.02. The van der Waals surface area contributed by atoms with Crippen LogP contribution in [0.4, 0.5) is 0 Å². The van der Waals surface area contributed by atoms with Crippen molar-refractivity contribution in [1.29, 1.82) is 0 Å². The van der Waals surface area contributed by atoms with Gasteiger partial charge in [0.2, 0.25) is 5.91 Å². The maximum Gasteiger partial charge on any atom is 0.266 e. The largest absolute Gasteiger partial charge is 0.356 e. The van der Waals surface area contributed by atoms with Crippen LogP contribution in [0.5, 0.6) is 0 Å². The van der Waals surface area contributed by atoms with Crippen LogP contribution in [0.25, 0.3) is 16.6 Å². The van der Waals surface area contributed by atoms with Gasteiger partial charge in [-0.1, -0.05) is 35.0 Å². The molecule has 1 aromatic heterocycles. The first-order chi connectivity index (χ1) is 12.5. The monoisotopic (exact) mass is 407 g/mol. The third-order valence-electron chi connectivity index (χ3n) is 3.59. The van der Waals surface area contributed by atoms with Crippen LogP contribution in [0.15, 0.2) is 52.4 Å². The summed E-state index contributed by atoms with van der Waals surface area (Å²) in [7, 11) is 0. The number of rotatable bonds is 5. The lowest BCUT2D eigenvalue weighted by molar-refractivity contribution is -0.118. The molecule has 0 aliphatic rings. The minimum Gasteiger partial charge on any atom is -0.356 e. The van der Waals surface area contributed by atoms with Gasteiger partial charge in [-0.25, -0.2) is 4.98 Å². The topological polar surface area (TPSA) is 64.0 Å². The number of hydrogen-bond acceptors (Lipinski definition) is 4. The molecule has 134 valence electrons. The molecule has 0 aliphatic carbocycles. The normalized spacial score (nSPS) is 10.9. The molecule has 1 heterocycles. The fourth-order valence-electron chi connectivity index (χ4n) is 2.43. The molecule has 1 amide bonds. The van der Waals surface area contributed by atoms with Gasteiger partial charge < -0.3 is 5.32 Å². The van der Waals surface area contributed by atoms with Crippen LogP contribution in [0.2, 0.25) is 10.0 Å². The van der Waals surface area contributed by atoms with E-state index in [1.54, 1.807) is 42.5 Å². The van der Waals surface area contributed by atoms with Crippen LogP contribution in [0.3, 0.4) is 0 Å². The third kappa shape index (κ3) is 4.03. The molecule has 0 bridgehead atoms. The van der Waals surface area contributed by atoms with E-state index in [-0.39, 0.29) is 17.2 Å². The zero-order valence-corrected chi connectivity index (χ0v) is 16.2. The van der Waals surface area contributed by atoms with Crippen molar-refractivity contribution in [1.82, 2.24) is 14.9 Å².